The molecule has 0 saturated carbocycles. The van der Waals surface area contributed by atoms with Crippen LogP contribution in [0, 0.1) is 0 Å². The lowest BCUT2D eigenvalue weighted by Gasteiger charge is -2.19. The fraction of sp³-hybridized carbons (Fsp3) is 0.444. The maximum atomic E-state index is 12.4. The van der Waals surface area contributed by atoms with E-state index < -0.39 is 0 Å². The second-order valence-electron chi connectivity index (χ2n) is 5.19. The summed E-state index contributed by atoms with van der Waals surface area (Å²) in [5.74, 6) is -0.571. The number of hydrogen-bond donors (Lipinski definition) is 0. The molecule has 0 aromatic rings. The van der Waals surface area contributed by atoms with Crippen molar-refractivity contribution in [2.45, 2.75) is 40.0 Å². The van der Waals surface area contributed by atoms with Crippen LogP contribution >= 0.6 is 0 Å². The van der Waals surface area contributed by atoms with Crippen LogP contribution in [0.25, 0.3) is 0 Å². The Morgan fingerprint density at radius 3 is 2.23 bits per heavy atom. The fourth-order valence-corrected chi connectivity index (χ4v) is 2.29. The van der Waals surface area contributed by atoms with Crippen LogP contribution in [0.1, 0.15) is 40.0 Å². The Kier molecular flexibility index (Phi) is 6.83. The van der Waals surface area contributed by atoms with Crippen LogP contribution in [0.3, 0.4) is 0 Å². The summed E-state index contributed by atoms with van der Waals surface area (Å²) in [6.45, 7) is 5.68. The number of allylic oxidation sites excluding steroid dienone is 6. The van der Waals surface area contributed by atoms with E-state index in [2.05, 4.69) is 6.08 Å². The van der Waals surface area contributed by atoms with Gasteiger partial charge in [0, 0.05) is 11.1 Å². The molecule has 4 nitrogen and oxygen atoms in total. The lowest BCUT2D eigenvalue weighted by Crippen LogP contribution is -2.24. The van der Waals surface area contributed by atoms with Crippen LogP contribution in [0.2, 0.25) is 0 Å². The van der Waals surface area contributed by atoms with Crippen LogP contribution in [-0.2, 0) is 19.1 Å². The molecule has 4 heteroatoms. The number of methoxy groups -OCH3 is 2. The van der Waals surface area contributed by atoms with Gasteiger partial charge in [-0.15, -0.1) is 0 Å². The van der Waals surface area contributed by atoms with Crippen LogP contribution < -0.4 is 0 Å². The molecule has 0 aromatic heterocycles. The van der Waals surface area contributed by atoms with E-state index in [1.54, 1.807) is 6.92 Å². The Balaban J connectivity index is 2.95. The topological polar surface area (TPSA) is 52.6 Å². The highest BCUT2D eigenvalue weighted by molar-refractivity contribution is 6.23. The lowest BCUT2D eigenvalue weighted by molar-refractivity contribution is -0.121. The van der Waals surface area contributed by atoms with E-state index in [4.69, 9.17) is 9.47 Å². The smallest absolute Gasteiger partial charge is 0.228 e. The molecule has 0 aromatic carbocycles. The molecule has 0 heterocycles. The van der Waals surface area contributed by atoms with Gasteiger partial charge in [-0.3, -0.25) is 9.59 Å². The zero-order valence-electron chi connectivity index (χ0n) is 14.0. The van der Waals surface area contributed by atoms with E-state index in [1.807, 2.05) is 26.0 Å². The zero-order chi connectivity index (χ0) is 16.7. The minimum absolute atomic E-state index is 0.00642. The van der Waals surface area contributed by atoms with Gasteiger partial charge in [-0.25, -0.2) is 0 Å². The summed E-state index contributed by atoms with van der Waals surface area (Å²) in [4.78, 5) is 24.7. The summed E-state index contributed by atoms with van der Waals surface area (Å²) < 4.78 is 10.1. The van der Waals surface area contributed by atoms with Gasteiger partial charge in [0.1, 0.15) is 0 Å². The maximum Gasteiger partial charge on any atom is 0.228 e. The molecule has 0 atom stereocenters. The van der Waals surface area contributed by atoms with Crippen molar-refractivity contribution >= 4 is 11.6 Å². The highest BCUT2D eigenvalue weighted by atomic mass is 16.5. The van der Waals surface area contributed by atoms with Crippen LogP contribution in [0.5, 0.6) is 0 Å². The molecule has 0 aliphatic heterocycles. The number of carbonyl (C=O) groups is 2. The van der Waals surface area contributed by atoms with E-state index in [1.165, 1.54) is 19.8 Å². The Hall–Kier alpha value is -2.10. The molecule has 0 radical (unpaired) electrons. The Morgan fingerprint density at radius 2 is 1.68 bits per heavy atom. The van der Waals surface area contributed by atoms with Gasteiger partial charge in [-0.2, -0.15) is 0 Å². The first-order chi connectivity index (χ1) is 10.5. The zero-order valence-corrected chi connectivity index (χ0v) is 14.0. The lowest BCUT2D eigenvalue weighted by atomic mass is 9.90. The second-order valence-corrected chi connectivity index (χ2v) is 5.19. The van der Waals surface area contributed by atoms with Crippen molar-refractivity contribution in [1.82, 2.24) is 0 Å². The largest absolute Gasteiger partial charge is 0.489 e. The number of Topliss-reactive ketones (excluding diaryl/α,β-unsaturated/α-hetero) is 2. The molecular formula is C18H24O4. The monoisotopic (exact) mass is 304 g/mol. The first kappa shape index (κ1) is 18.0. The third kappa shape index (κ3) is 3.97. The minimum Gasteiger partial charge on any atom is -0.489 e. The molecule has 0 spiro atoms. The maximum absolute atomic E-state index is 12.4. The third-order valence-electron chi connectivity index (χ3n) is 3.69. The van der Waals surface area contributed by atoms with E-state index in [0.29, 0.717) is 17.6 Å². The van der Waals surface area contributed by atoms with Crippen molar-refractivity contribution in [1.29, 1.82) is 0 Å². The molecule has 0 unspecified atom stereocenters. The molecule has 0 bridgehead atoms. The van der Waals surface area contributed by atoms with Crippen LogP contribution in [0.15, 0.2) is 46.5 Å². The van der Waals surface area contributed by atoms with Crippen molar-refractivity contribution in [3.05, 3.63) is 46.5 Å². The predicted molar refractivity (Wildman–Crippen MR) is 86.2 cm³/mol. The number of ketones is 2. The van der Waals surface area contributed by atoms with E-state index in [0.717, 1.165) is 12.8 Å². The molecule has 120 valence electrons. The SMILES string of the molecule is C/C=C/CC/C(C)=C/CC1=C(C)C(=O)C(OC)=C(OC)C1=O. The first-order valence-corrected chi connectivity index (χ1v) is 7.36. The van der Waals surface area contributed by atoms with Crippen molar-refractivity contribution in [2.24, 2.45) is 0 Å². The van der Waals surface area contributed by atoms with Crippen molar-refractivity contribution in [3.8, 4) is 0 Å². The van der Waals surface area contributed by atoms with Gasteiger partial charge in [0.2, 0.25) is 23.1 Å². The van der Waals surface area contributed by atoms with Gasteiger partial charge in [-0.05, 0) is 40.0 Å². The molecule has 0 fully saturated rings. The molecule has 22 heavy (non-hydrogen) atoms. The van der Waals surface area contributed by atoms with E-state index >= 15 is 0 Å². The van der Waals surface area contributed by atoms with Gasteiger partial charge >= 0.3 is 0 Å². The van der Waals surface area contributed by atoms with Crippen LogP contribution in [-0.4, -0.2) is 25.8 Å². The van der Waals surface area contributed by atoms with Gasteiger partial charge in [0.25, 0.3) is 0 Å². The highest BCUT2D eigenvalue weighted by Gasteiger charge is 2.33. The van der Waals surface area contributed by atoms with Gasteiger partial charge in [0.15, 0.2) is 0 Å². The highest BCUT2D eigenvalue weighted by Crippen LogP contribution is 2.28. The normalized spacial score (nSPS) is 16.9. The second kappa shape index (κ2) is 8.37. The first-order valence-electron chi connectivity index (χ1n) is 7.36. The molecule has 1 aliphatic rings. The Bertz CT molecular complexity index is 574. The molecular weight excluding hydrogens is 280 g/mol. The van der Waals surface area contributed by atoms with Crippen molar-refractivity contribution in [2.75, 3.05) is 14.2 Å². The van der Waals surface area contributed by atoms with E-state index in [9.17, 15) is 9.59 Å². The Morgan fingerprint density at radius 1 is 1.09 bits per heavy atom. The standard InChI is InChI=1S/C18H24O4/c1-6-7-8-9-12(2)10-11-14-13(3)15(19)17(21-4)18(22-5)16(14)20/h6-7,10H,8-9,11H2,1-5H3/b7-6+,12-10+. The van der Waals surface area contributed by atoms with Gasteiger partial charge < -0.3 is 9.47 Å². The summed E-state index contributed by atoms with van der Waals surface area (Å²) in [5.41, 5.74) is 2.10. The average Bonchev–Trinajstić information content (AvgIpc) is 2.50. The predicted octanol–water partition coefficient (Wildman–Crippen LogP) is 3.65. The average molecular weight is 304 g/mol. The molecule has 1 aliphatic carbocycles. The van der Waals surface area contributed by atoms with Crippen molar-refractivity contribution in [3.63, 3.8) is 0 Å². The number of ether oxygens (including phenoxy) is 2. The summed E-state index contributed by atoms with van der Waals surface area (Å²) in [6.07, 6.45) is 8.47. The summed E-state index contributed by atoms with van der Waals surface area (Å²) >= 11 is 0. The summed E-state index contributed by atoms with van der Waals surface area (Å²) in [7, 11) is 2.74. The molecule has 0 saturated heterocycles. The minimum atomic E-state index is -0.283. The number of rotatable bonds is 7. The van der Waals surface area contributed by atoms with E-state index in [-0.39, 0.29) is 23.1 Å². The van der Waals surface area contributed by atoms with Gasteiger partial charge in [0.05, 0.1) is 14.2 Å². The number of hydrogen-bond acceptors (Lipinski definition) is 4. The summed E-state index contributed by atoms with van der Waals surface area (Å²) in [6, 6.07) is 0. The quantitative estimate of drug-likeness (QED) is 0.532. The third-order valence-corrected chi connectivity index (χ3v) is 3.69. The summed E-state index contributed by atoms with van der Waals surface area (Å²) in [5, 5.41) is 0. The molecule has 1 rings (SSSR count). The fourth-order valence-electron chi connectivity index (χ4n) is 2.29. The van der Waals surface area contributed by atoms with Crippen LogP contribution in [0.4, 0.5) is 0 Å². The Labute approximate surface area is 132 Å². The van der Waals surface area contributed by atoms with Gasteiger partial charge in [-0.1, -0.05) is 23.8 Å². The molecule has 0 amide bonds. The molecule has 0 N–H and O–H groups in total. The number of carbonyl (C=O) groups excluding carboxylic acids is 2. The van der Waals surface area contributed by atoms with Crippen molar-refractivity contribution < 1.29 is 19.1 Å².